The Bertz CT molecular complexity index is 11.6. The zero-order valence-electron chi connectivity index (χ0n) is 2.81. The van der Waals surface area contributed by atoms with E-state index >= 15 is 0 Å². The first-order chi connectivity index (χ1) is 1.91. The van der Waals surface area contributed by atoms with E-state index < -0.39 is 0 Å². The molecule has 0 saturated heterocycles. The second-order valence-corrected chi connectivity index (χ2v) is 0.894. The van der Waals surface area contributed by atoms with Crippen LogP contribution in [0, 0.1) is 0 Å². The fraction of sp³-hybridized carbons (Fsp3) is 1.00. The number of thiol groups is 1. The van der Waals surface area contributed by atoms with Crippen LogP contribution in [0.4, 0.5) is 0 Å². The first-order valence-corrected chi connectivity index (χ1v) is 1.76. The van der Waals surface area contributed by atoms with Crippen LogP contribution in [0.3, 0.4) is 0 Å². The van der Waals surface area contributed by atoms with Gasteiger partial charge in [-0.1, -0.05) is 0 Å². The molecule has 0 saturated carbocycles. The van der Waals surface area contributed by atoms with Crippen molar-refractivity contribution in [2.45, 2.75) is 0 Å². The minimum Gasteiger partial charge on any atom is -0.396 e. The van der Waals surface area contributed by atoms with Gasteiger partial charge < -0.3 is 5.11 Å². The molecule has 0 aromatic carbocycles. The predicted octanol–water partition coefficient (Wildman–Crippen LogP) is -0.472. The molecule has 0 amide bonds. The zero-order valence-corrected chi connectivity index (χ0v) is 7.59. The molecule has 5 heavy (non-hydrogen) atoms. The molecule has 0 aliphatic rings. The van der Waals surface area contributed by atoms with Crippen LogP contribution in [-0.2, 0) is 0 Å². The Labute approximate surface area is 57.3 Å². The summed E-state index contributed by atoms with van der Waals surface area (Å²) in [5.74, 6) is 0.569. The van der Waals surface area contributed by atoms with Crippen LogP contribution < -0.4 is 0 Å². The summed E-state index contributed by atoms with van der Waals surface area (Å²) < 4.78 is 0. The fourth-order valence-electron chi connectivity index (χ4n) is 0. The second kappa shape index (κ2) is 8.97. The third-order valence-corrected chi connectivity index (χ3v) is 0.300. The van der Waals surface area contributed by atoms with E-state index in [9.17, 15) is 0 Å². The van der Waals surface area contributed by atoms with Crippen molar-refractivity contribution in [3.8, 4) is 0 Å². The Morgan fingerprint density at radius 2 is 1.80 bits per heavy atom. The van der Waals surface area contributed by atoms with Crippen LogP contribution in [0.15, 0.2) is 0 Å². The molecule has 0 aliphatic carbocycles. The van der Waals surface area contributed by atoms with Gasteiger partial charge in [-0.2, -0.15) is 12.6 Å². The number of hydrogen-bond donors (Lipinski definition) is 2. The van der Waals surface area contributed by atoms with Crippen LogP contribution >= 0.6 is 12.6 Å². The molecule has 0 rings (SSSR count). The summed E-state index contributed by atoms with van der Waals surface area (Å²) >= 11 is 3.67. The van der Waals surface area contributed by atoms with Gasteiger partial charge in [0.2, 0.25) is 0 Å². The maximum Gasteiger partial charge on any atom is 0.0519 e. The van der Waals surface area contributed by atoms with Gasteiger partial charge in [-0.3, -0.25) is 0 Å². The minimum atomic E-state index is 0. The van der Waals surface area contributed by atoms with Crippen molar-refractivity contribution >= 4 is 39.9 Å². The first-order valence-electron chi connectivity index (χ1n) is 1.13. The maximum absolute atomic E-state index is 7.80. The Morgan fingerprint density at radius 3 is 1.80 bits per heavy atom. The molecule has 3 heteroatoms. The molecule has 1 N–H and O–H groups in total. The summed E-state index contributed by atoms with van der Waals surface area (Å²) in [4.78, 5) is 0. The quantitative estimate of drug-likeness (QED) is 0.493. The Morgan fingerprint density at radius 1 is 1.60 bits per heavy atom. The summed E-state index contributed by atoms with van der Waals surface area (Å²) in [6, 6.07) is 0. The van der Waals surface area contributed by atoms with Crippen LogP contribution in [0.5, 0.6) is 0 Å². The molecule has 4 radical (unpaired) electrons. The molecule has 0 heterocycles. The number of aliphatic hydroxyl groups is 1. The van der Waals surface area contributed by atoms with E-state index in [1.165, 1.54) is 0 Å². The van der Waals surface area contributed by atoms with Crippen molar-refractivity contribution in [1.82, 2.24) is 0 Å². The fourth-order valence-corrected chi connectivity index (χ4v) is 0. The van der Waals surface area contributed by atoms with Crippen molar-refractivity contribution in [3.05, 3.63) is 0 Å². The van der Waals surface area contributed by atoms with Crippen LogP contribution in [0.25, 0.3) is 0 Å². The molecular formula is C2H6OPbS. The van der Waals surface area contributed by atoms with Crippen molar-refractivity contribution in [2.75, 3.05) is 12.4 Å². The van der Waals surface area contributed by atoms with Gasteiger partial charge in [0.05, 0.1) is 6.61 Å². The molecular weight excluding hydrogens is 279 g/mol. The molecule has 0 atom stereocenters. The number of rotatable bonds is 1. The minimum absolute atomic E-state index is 0. The van der Waals surface area contributed by atoms with Crippen LogP contribution in [0.2, 0.25) is 0 Å². The number of hydrogen-bond acceptors (Lipinski definition) is 2. The first kappa shape index (κ1) is 9.53. The van der Waals surface area contributed by atoms with E-state index in [2.05, 4.69) is 12.6 Å². The van der Waals surface area contributed by atoms with Crippen molar-refractivity contribution < 1.29 is 5.11 Å². The van der Waals surface area contributed by atoms with E-state index in [1.807, 2.05) is 0 Å². The SMILES string of the molecule is OCCS.[Pb]. The third kappa shape index (κ3) is 11.0. The van der Waals surface area contributed by atoms with Gasteiger partial charge in [-0.15, -0.1) is 0 Å². The van der Waals surface area contributed by atoms with Crippen LogP contribution in [0.1, 0.15) is 0 Å². The van der Waals surface area contributed by atoms with Gasteiger partial charge >= 0.3 is 0 Å². The topological polar surface area (TPSA) is 20.2 Å². The molecule has 0 spiro atoms. The molecule has 0 unspecified atom stereocenters. The average molecular weight is 285 g/mol. The van der Waals surface area contributed by atoms with Gasteiger partial charge in [-0.25, -0.2) is 0 Å². The predicted molar refractivity (Wildman–Crippen MR) is 26.7 cm³/mol. The largest absolute Gasteiger partial charge is 0.396 e. The maximum atomic E-state index is 7.80. The van der Waals surface area contributed by atoms with Gasteiger partial charge in [0.25, 0.3) is 0 Å². The second-order valence-electron chi connectivity index (χ2n) is 0.447. The molecule has 1 nitrogen and oxygen atoms in total. The zero-order chi connectivity index (χ0) is 3.41. The van der Waals surface area contributed by atoms with E-state index in [0.29, 0.717) is 5.75 Å². The third-order valence-electron chi connectivity index (χ3n) is 0.1000. The van der Waals surface area contributed by atoms with E-state index in [0.717, 1.165) is 0 Å². The summed E-state index contributed by atoms with van der Waals surface area (Å²) in [6.45, 7) is 0.184. The van der Waals surface area contributed by atoms with E-state index in [4.69, 9.17) is 5.11 Å². The molecule has 0 fully saturated rings. The van der Waals surface area contributed by atoms with Gasteiger partial charge in [0, 0.05) is 33.1 Å². The smallest absolute Gasteiger partial charge is 0.0519 e. The van der Waals surface area contributed by atoms with Gasteiger partial charge in [-0.05, 0) is 0 Å². The Balaban J connectivity index is 0. The normalized spacial score (nSPS) is 6.00. The molecule has 0 aliphatic heterocycles. The van der Waals surface area contributed by atoms with E-state index in [1.54, 1.807) is 0 Å². The summed E-state index contributed by atoms with van der Waals surface area (Å²) in [5, 5.41) is 7.80. The molecule has 0 aromatic rings. The number of aliphatic hydroxyl groups excluding tert-OH is 1. The summed E-state index contributed by atoms with van der Waals surface area (Å²) in [7, 11) is 0. The van der Waals surface area contributed by atoms with Gasteiger partial charge in [0.1, 0.15) is 0 Å². The summed E-state index contributed by atoms with van der Waals surface area (Å²) in [5.41, 5.74) is 0. The molecule has 0 bridgehead atoms. The Hall–Kier alpha value is 1.23. The van der Waals surface area contributed by atoms with Gasteiger partial charge in [0.15, 0.2) is 0 Å². The van der Waals surface area contributed by atoms with Crippen LogP contribution in [-0.4, -0.2) is 44.8 Å². The average Bonchev–Trinajstić information content (AvgIpc) is 1.37. The molecule has 30 valence electrons. The van der Waals surface area contributed by atoms with Crippen molar-refractivity contribution in [1.29, 1.82) is 0 Å². The summed E-state index contributed by atoms with van der Waals surface area (Å²) in [6.07, 6.45) is 0. The van der Waals surface area contributed by atoms with E-state index in [-0.39, 0.29) is 33.9 Å². The monoisotopic (exact) mass is 286 g/mol. The van der Waals surface area contributed by atoms with Crippen molar-refractivity contribution in [2.24, 2.45) is 0 Å². The standard InChI is InChI=1S/C2H6OS.Pb/c3-1-2-4;/h3-4H,1-2H2;. The molecule has 0 aromatic heterocycles. The Kier molecular flexibility index (Phi) is 17.1. The van der Waals surface area contributed by atoms with Crippen molar-refractivity contribution in [3.63, 3.8) is 0 Å².